The van der Waals surface area contributed by atoms with Crippen molar-refractivity contribution in [2.24, 2.45) is 0 Å². The Labute approximate surface area is 155 Å². The van der Waals surface area contributed by atoms with E-state index in [-0.39, 0.29) is 5.56 Å². The Morgan fingerprint density at radius 1 is 1.11 bits per heavy atom. The number of pyridine rings is 1. The second-order valence-electron chi connectivity index (χ2n) is 5.87. The first kappa shape index (κ1) is 19.1. The third-order valence-electron chi connectivity index (χ3n) is 3.81. The third-order valence-corrected chi connectivity index (χ3v) is 3.81. The molecule has 0 atom stereocenters. The molecule has 2 aromatic heterocycles. The summed E-state index contributed by atoms with van der Waals surface area (Å²) in [5.41, 5.74) is -0.380. The number of nitrogens with one attached hydrogen (secondary N) is 2. The number of hydrogen-bond donors (Lipinski definition) is 2. The number of rotatable bonds is 4. The largest absolute Gasteiger partial charge is 0.343 e. The Morgan fingerprint density at radius 3 is 2.61 bits per heavy atom. The number of aromatic nitrogens is 2. The zero-order valence-corrected chi connectivity index (χ0v) is 14.4. The van der Waals surface area contributed by atoms with Crippen molar-refractivity contribution >= 4 is 23.1 Å². The molecule has 2 heterocycles. The van der Waals surface area contributed by atoms with Gasteiger partial charge in [0.25, 0.3) is 11.5 Å². The van der Waals surface area contributed by atoms with Crippen LogP contribution in [0.15, 0.2) is 41.5 Å². The normalized spacial score (nSPS) is 10.7. The summed E-state index contributed by atoms with van der Waals surface area (Å²) >= 11 is 0. The predicted octanol–water partition coefficient (Wildman–Crippen LogP) is 1.79. The second kappa shape index (κ2) is 7.51. The lowest BCUT2D eigenvalue weighted by Crippen LogP contribution is -2.36. The van der Waals surface area contributed by atoms with Gasteiger partial charge in [-0.25, -0.2) is 18.2 Å². The molecule has 0 unspecified atom stereocenters. The van der Waals surface area contributed by atoms with Crippen LogP contribution in [0, 0.1) is 24.4 Å². The Hall–Kier alpha value is -3.69. The molecule has 0 aliphatic heterocycles. The van der Waals surface area contributed by atoms with Gasteiger partial charge in [0.2, 0.25) is 5.91 Å². The van der Waals surface area contributed by atoms with E-state index in [1.165, 1.54) is 10.6 Å². The van der Waals surface area contributed by atoms with Crippen LogP contribution in [-0.2, 0) is 4.79 Å². The zero-order valence-electron chi connectivity index (χ0n) is 14.4. The van der Waals surface area contributed by atoms with Crippen molar-refractivity contribution in [3.8, 4) is 0 Å². The van der Waals surface area contributed by atoms with Crippen LogP contribution < -0.4 is 16.2 Å². The minimum absolute atomic E-state index is 0.296. The summed E-state index contributed by atoms with van der Waals surface area (Å²) in [6.07, 6.45) is 2.59. The fourth-order valence-electron chi connectivity index (χ4n) is 2.41. The molecule has 3 rings (SSSR count). The van der Waals surface area contributed by atoms with Crippen molar-refractivity contribution in [2.75, 3.05) is 11.9 Å². The van der Waals surface area contributed by atoms with E-state index in [1.54, 1.807) is 19.1 Å². The quantitative estimate of drug-likeness (QED) is 0.665. The van der Waals surface area contributed by atoms with Crippen LogP contribution in [0.3, 0.4) is 0 Å². The molecular formula is C18H13F3N4O3. The van der Waals surface area contributed by atoms with Gasteiger partial charge in [0.15, 0.2) is 17.5 Å². The minimum Gasteiger partial charge on any atom is -0.343 e. The molecule has 2 amide bonds. The summed E-state index contributed by atoms with van der Waals surface area (Å²) in [7, 11) is 0. The number of amides is 2. The van der Waals surface area contributed by atoms with E-state index in [9.17, 15) is 27.6 Å². The van der Waals surface area contributed by atoms with Crippen molar-refractivity contribution in [3.05, 3.63) is 75.6 Å². The van der Waals surface area contributed by atoms with E-state index in [2.05, 4.69) is 10.3 Å². The van der Waals surface area contributed by atoms with Gasteiger partial charge in [0.1, 0.15) is 11.2 Å². The Bertz CT molecular complexity index is 1160. The molecule has 0 aliphatic rings. The smallest absolute Gasteiger partial charge is 0.270 e. The first-order valence-electron chi connectivity index (χ1n) is 7.97. The van der Waals surface area contributed by atoms with Gasteiger partial charge in [0.05, 0.1) is 12.2 Å². The van der Waals surface area contributed by atoms with Crippen LogP contribution in [0.25, 0.3) is 5.65 Å². The standard InChI is InChI=1S/C18H13F3N4O3/c1-9-2-5-13-22-6-10(18(28)25(13)8-9)17(27)23-7-14(26)24-12-4-3-11(19)15(20)16(12)21/h2-6,8H,7H2,1H3,(H,23,27)(H,24,26). The van der Waals surface area contributed by atoms with Gasteiger partial charge in [-0.3, -0.25) is 18.8 Å². The summed E-state index contributed by atoms with van der Waals surface area (Å²) in [4.78, 5) is 40.4. The summed E-state index contributed by atoms with van der Waals surface area (Å²) < 4.78 is 40.8. The van der Waals surface area contributed by atoms with E-state index in [4.69, 9.17) is 0 Å². The van der Waals surface area contributed by atoms with Gasteiger partial charge in [-0.2, -0.15) is 0 Å². The van der Waals surface area contributed by atoms with Gasteiger partial charge in [-0.1, -0.05) is 6.07 Å². The zero-order chi connectivity index (χ0) is 20.4. The molecule has 0 fully saturated rings. The first-order valence-corrected chi connectivity index (χ1v) is 7.97. The highest BCUT2D eigenvalue weighted by Gasteiger charge is 2.17. The monoisotopic (exact) mass is 390 g/mol. The van der Waals surface area contributed by atoms with Crippen molar-refractivity contribution in [1.82, 2.24) is 14.7 Å². The van der Waals surface area contributed by atoms with Gasteiger partial charge in [-0.05, 0) is 30.7 Å². The summed E-state index contributed by atoms with van der Waals surface area (Å²) in [6, 6.07) is 4.86. The number of benzene rings is 1. The number of carbonyl (C=O) groups excluding carboxylic acids is 2. The Balaban J connectivity index is 1.71. The van der Waals surface area contributed by atoms with Gasteiger partial charge >= 0.3 is 0 Å². The van der Waals surface area contributed by atoms with Gasteiger partial charge in [-0.15, -0.1) is 0 Å². The highest BCUT2D eigenvalue weighted by molar-refractivity contribution is 5.99. The molecule has 7 nitrogen and oxygen atoms in total. The summed E-state index contributed by atoms with van der Waals surface area (Å²) in [5, 5.41) is 4.19. The van der Waals surface area contributed by atoms with Crippen LogP contribution in [0.1, 0.15) is 15.9 Å². The third kappa shape index (κ3) is 3.70. The fraction of sp³-hybridized carbons (Fsp3) is 0.111. The molecule has 0 spiro atoms. The highest BCUT2D eigenvalue weighted by Crippen LogP contribution is 2.19. The Morgan fingerprint density at radius 2 is 1.86 bits per heavy atom. The molecule has 0 saturated heterocycles. The first-order chi connectivity index (χ1) is 13.3. The van der Waals surface area contributed by atoms with E-state index in [1.807, 2.05) is 5.32 Å². The van der Waals surface area contributed by atoms with Crippen LogP contribution in [0.4, 0.5) is 18.9 Å². The van der Waals surface area contributed by atoms with Crippen LogP contribution >= 0.6 is 0 Å². The van der Waals surface area contributed by atoms with Crippen molar-refractivity contribution < 1.29 is 22.8 Å². The number of carbonyl (C=O) groups is 2. The maximum absolute atomic E-state index is 13.6. The maximum Gasteiger partial charge on any atom is 0.270 e. The van der Waals surface area contributed by atoms with E-state index in [0.29, 0.717) is 11.7 Å². The number of nitrogens with zero attached hydrogens (tertiary/aromatic N) is 2. The van der Waals surface area contributed by atoms with E-state index < -0.39 is 47.1 Å². The number of anilines is 1. The molecule has 1 aromatic carbocycles. The lowest BCUT2D eigenvalue weighted by Gasteiger charge is -2.09. The summed E-state index contributed by atoms with van der Waals surface area (Å²) in [5.74, 6) is -6.46. The molecule has 10 heteroatoms. The predicted molar refractivity (Wildman–Crippen MR) is 93.5 cm³/mol. The fourth-order valence-corrected chi connectivity index (χ4v) is 2.41. The molecule has 2 N–H and O–H groups in total. The molecule has 144 valence electrons. The average molecular weight is 390 g/mol. The summed E-state index contributed by atoms with van der Waals surface area (Å²) in [6.45, 7) is 1.13. The van der Waals surface area contributed by atoms with E-state index in [0.717, 1.165) is 17.8 Å². The SMILES string of the molecule is Cc1ccc2ncc(C(=O)NCC(=O)Nc3ccc(F)c(F)c3F)c(=O)n2c1. The molecule has 0 radical (unpaired) electrons. The highest BCUT2D eigenvalue weighted by atomic mass is 19.2. The number of fused-ring (bicyclic) bond motifs is 1. The molecule has 3 aromatic rings. The van der Waals surface area contributed by atoms with Gasteiger partial charge < -0.3 is 10.6 Å². The lowest BCUT2D eigenvalue weighted by molar-refractivity contribution is -0.115. The second-order valence-corrected chi connectivity index (χ2v) is 5.87. The van der Waals surface area contributed by atoms with Crippen LogP contribution in [0.2, 0.25) is 0 Å². The molecular weight excluding hydrogens is 377 g/mol. The number of halogens is 3. The maximum atomic E-state index is 13.6. The minimum atomic E-state index is -1.73. The topological polar surface area (TPSA) is 92.6 Å². The van der Waals surface area contributed by atoms with Crippen LogP contribution in [0.5, 0.6) is 0 Å². The average Bonchev–Trinajstić information content (AvgIpc) is 2.67. The molecule has 0 bridgehead atoms. The number of aryl methyl sites for hydroxylation is 1. The van der Waals surface area contributed by atoms with Crippen molar-refractivity contribution in [3.63, 3.8) is 0 Å². The molecule has 0 saturated carbocycles. The molecule has 28 heavy (non-hydrogen) atoms. The van der Waals surface area contributed by atoms with Crippen molar-refractivity contribution in [2.45, 2.75) is 6.92 Å². The van der Waals surface area contributed by atoms with Gasteiger partial charge in [0, 0.05) is 12.4 Å². The Kier molecular flexibility index (Phi) is 5.12. The van der Waals surface area contributed by atoms with Crippen LogP contribution in [-0.4, -0.2) is 27.7 Å². The molecule has 0 aliphatic carbocycles. The van der Waals surface area contributed by atoms with Crippen molar-refractivity contribution in [1.29, 1.82) is 0 Å². The lowest BCUT2D eigenvalue weighted by atomic mass is 10.2. The number of hydrogen-bond acceptors (Lipinski definition) is 4. The van der Waals surface area contributed by atoms with E-state index >= 15 is 0 Å².